The number of nitrogens with zero attached hydrogens (tertiary/aromatic N) is 2. The molecule has 1 rings (SSSR count). The van der Waals surface area contributed by atoms with Gasteiger partial charge in [-0.15, -0.1) is 5.10 Å². The Labute approximate surface area is 115 Å². The molecule has 116 valence electrons. The van der Waals surface area contributed by atoms with Crippen molar-refractivity contribution in [3.63, 3.8) is 0 Å². The molecule has 1 unspecified atom stereocenters. The Morgan fingerprint density at radius 1 is 1.30 bits per heavy atom. The Hall–Kier alpha value is -1.35. The van der Waals surface area contributed by atoms with E-state index in [9.17, 15) is 13.2 Å². The van der Waals surface area contributed by atoms with E-state index in [0.29, 0.717) is 5.89 Å². The molecule has 0 aliphatic heterocycles. The fourth-order valence-corrected chi connectivity index (χ4v) is 1.35. The molecule has 0 fully saturated rings. The lowest BCUT2D eigenvalue weighted by Crippen LogP contribution is -2.20. The summed E-state index contributed by atoms with van der Waals surface area (Å²) in [4.78, 5) is 0. The third-order valence-electron chi connectivity index (χ3n) is 2.30. The molecule has 9 heteroatoms. The standard InChI is InChI=1S/C11H19F3N4O2/c1-3-4-15-8(2)9-17-18-10(20-9)16-5-6-19-7-11(12,13)14/h8,15H,3-7H2,1-2H3,(H,16,18). The highest BCUT2D eigenvalue weighted by atomic mass is 19.4. The van der Waals surface area contributed by atoms with Crippen molar-refractivity contribution < 1.29 is 22.3 Å². The minimum absolute atomic E-state index is 0.0699. The summed E-state index contributed by atoms with van der Waals surface area (Å²) < 4.78 is 45.2. The van der Waals surface area contributed by atoms with Crippen LogP contribution in [0.5, 0.6) is 0 Å². The zero-order valence-electron chi connectivity index (χ0n) is 11.5. The van der Waals surface area contributed by atoms with Gasteiger partial charge in [0, 0.05) is 6.54 Å². The van der Waals surface area contributed by atoms with Gasteiger partial charge in [-0.1, -0.05) is 12.0 Å². The quantitative estimate of drug-likeness (QED) is 0.680. The summed E-state index contributed by atoms with van der Waals surface area (Å²) in [6.45, 7) is 3.57. The average molecular weight is 296 g/mol. The predicted octanol–water partition coefficient (Wildman–Crippen LogP) is 2.12. The molecule has 0 aliphatic rings. The molecule has 20 heavy (non-hydrogen) atoms. The van der Waals surface area contributed by atoms with Gasteiger partial charge in [0.25, 0.3) is 0 Å². The van der Waals surface area contributed by atoms with Gasteiger partial charge in [0.15, 0.2) is 0 Å². The number of hydrogen-bond acceptors (Lipinski definition) is 6. The highest BCUT2D eigenvalue weighted by Crippen LogP contribution is 2.15. The van der Waals surface area contributed by atoms with E-state index in [1.807, 2.05) is 13.8 Å². The summed E-state index contributed by atoms with van der Waals surface area (Å²) >= 11 is 0. The van der Waals surface area contributed by atoms with Crippen molar-refractivity contribution in [2.24, 2.45) is 0 Å². The summed E-state index contributed by atoms with van der Waals surface area (Å²) in [6.07, 6.45) is -3.32. The number of anilines is 1. The summed E-state index contributed by atoms with van der Waals surface area (Å²) in [7, 11) is 0. The van der Waals surface area contributed by atoms with Gasteiger partial charge in [-0.3, -0.25) is 0 Å². The zero-order chi connectivity index (χ0) is 15.0. The smallest absolute Gasteiger partial charge is 0.406 e. The van der Waals surface area contributed by atoms with E-state index in [0.717, 1.165) is 13.0 Å². The van der Waals surface area contributed by atoms with Crippen LogP contribution in [0.1, 0.15) is 32.2 Å². The topological polar surface area (TPSA) is 72.2 Å². The maximum atomic E-state index is 11.8. The monoisotopic (exact) mass is 296 g/mol. The van der Waals surface area contributed by atoms with Crippen LogP contribution in [0, 0.1) is 0 Å². The average Bonchev–Trinajstić information content (AvgIpc) is 2.83. The Balaban J connectivity index is 2.23. The first kappa shape index (κ1) is 16.7. The van der Waals surface area contributed by atoms with Crippen LogP contribution >= 0.6 is 0 Å². The second kappa shape index (κ2) is 8.05. The number of aromatic nitrogens is 2. The van der Waals surface area contributed by atoms with Crippen LogP contribution in [0.15, 0.2) is 4.42 Å². The molecule has 1 heterocycles. The van der Waals surface area contributed by atoms with Crippen LogP contribution < -0.4 is 10.6 Å². The number of alkyl halides is 3. The van der Waals surface area contributed by atoms with E-state index >= 15 is 0 Å². The van der Waals surface area contributed by atoms with Crippen LogP contribution in [0.4, 0.5) is 19.2 Å². The third-order valence-corrected chi connectivity index (χ3v) is 2.30. The first-order valence-corrected chi connectivity index (χ1v) is 6.37. The van der Waals surface area contributed by atoms with Crippen molar-refractivity contribution in [1.29, 1.82) is 0 Å². The van der Waals surface area contributed by atoms with E-state index in [2.05, 4.69) is 25.6 Å². The van der Waals surface area contributed by atoms with E-state index < -0.39 is 12.8 Å². The number of nitrogens with one attached hydrogen (secondary N) is 2. The lowest BCUT2D eigenvalue weighted by atomic mass is 10.3. The Morgan fingerprint density at radius 2 is 2.05 bits per heavy atom. The van der Waals surface area contributed by atoms with Crippen LogP contribution in [0.2, 0.25) is 0 Å². The first-order valence-electron chi connectivity index (χ1n) is 6.37. The number of halogens is 3. The minimum Gasteiger partial charge on any atom is -0.406 e. The zero-order valence-corrected chi connectivity index (χ0v) is 11.5. The summed E-state index contributed by atoms with van der Waals surface area (Å²) in [5, 5.41) is 13.5. The van der Waals surface area contributed by atoms with Gasteiger partial charge < -0.3 is 19.8 Å². The fraction of sp³-hybridized carbons (Fsp3) is 0.818. The number of ether oxygens (including phenoxy) is 1. The van der Waals surface area contributed by atoms with E-state index in [4.69, 9.17) is 4.42 Å². The highest BCUT2D eigenvalue weighted by Gasteiger charge is 2.27. The third kappa shape index (κ3) is 6.71. The van der Waals surface area contributed by atoms with Gasteiger partial charge in [-0.05, 0) is 19.9 Å². The van der Waals surface area contributed by atoms with Gasteiger partial charge in [-0.25, -0.2) is 0 Å². The fourth-order valence-electron chi connectivity index (χ4n) is 1.35. The van der Waals surface area contributed by atoms with Crippen LogP contribution in [0.25, 0.3) is 0 Å². The molecule has 0 saturated heterocycles. The molecule has 1 atom stereocenters. The number of rotatable bonds is 9. The minimum atomic E-state index is -4.31. The van der Waals surface area contributed by atoms with Crippen molar-refractivity contribution in [3.05, 3.63) is 5.89 Å². The lowest BCUT2D eigenvalue weighted by molar-refractivity contribution is -0.172. The van der Waals surface area contributed by atoms with E-state index in [1.54, 1.807) is 0 Å². The van der Waals surface area contributed by atoms with Gasteiger partial charge in [0.1, 0.15) is 6.61 Å². The van der Waals surface area contributed by atoms with Crippen LogP contribution in [0.3, 0.4) is 0 Å². The molecular formula is C11H19F3N4O2. The largest absolute Gasteiger partial charge is 0.411 e. The Kier molecular flexibility index (Phi) is 6.73. The molecule has 6 nitrogen and oxygen atoms in total. The van der Waals surface area contributed by atoms with Gasteiger partial charge in [0.2, 0.25) is 5.89 Å². The molecule has 0 aromatic carbocycles. The molecule has 0 amide bonds. The molecule has 0 spiro atoms. The van der Waals surface area contributed by atoms with Crippen LogP contribution in [-0.2, 0) is 4.74 Å². The normalized spacial score (nSPS) is 13.4. The predicted molar refractivity (Wildman–Crippen MR) is 66.4 cm³/mol. The lowest BCUT2D eigenvalue weighted by Gasteiger charge is -2.08. The van der Waals surface area contributed by atoms with Crippen molar-refractivity contribution in [2.75, 3.05) is 31.6 Å². The molecule has 1 aromatic rings. The highest BCUT2D eigenvalue weighted by molar-refractivity contribution is 5.16. The SMILES string of the molecule is CCCNC(C)c1nnc(NCCOCC(F)(F)F)o1. The first-order chi connectivity index (χ1) is 9.42. The van der Waals surface area contributed by atoms with Crippen molar-refractivity contribution in [1.82, 2.24) is 15.5 Å². The molecule has 1 aromatic heterocycles. The Morgan fingerprint density at radius 3 is 2.70 bits per heavy atom. The molecule has 0 aliphatic carbocycles. The number of hydrogen-bond donors (Lipinski definition) is 2. The van der Waals surface area contributed by atoms with E-state index in [1.165, 1.54) is 0 Å². The molecule has 0 radical (unpaired) electrons. The van der Waals surface area contributed by atoms with Crippen molar-refractivity contribution >= 4 is 6.01 Å². The van der Waals surface area contributed by atoms with Gasteiger partial charge >= 0.3 is 12.2 Å². The Bertz CT molecular complexity index is 384. The van der Waals surface area contributed by atoms with E-state index in [-0.39, 0.29) is 25.2 Å². The molecule has 2 N–H and O–H groups in total. The summed E-state index contributed by atoms with van der Waals surface area (Å²) in [6, 6.07) is 0.0974. The molecule has 0 bridgehead atoms. The van der Waals surface area contributed by atoms with Crippen LogP contribution in [-0.4, -0.2) is 42.7 Å². The maximum Gasteiger partial charge on any atom is 0.411 e. The van der Waals surface area contributed by atoms with Gasteiger partial charge in [-0.2, -0.15) is 13.2 Å². The second-order valence-electron chi connectivity index (χ2n) is 4.22. The molecule has 0 saturated carbocycles. The van der Waals surface area contributed by atoms with Gasteiger partial charge in [0.05, 0.1) is 12.6 Å². The summed E-state index contributed by atoms with van der Waals surface area (Å²) in [5.74, 6) is 0.428. The maximum absolute atomic E-state index is 11.8. The van der Waals surface area contributed by atoms with Crippen molar-refractivity contribution in [2.45, 2.75) is 32.5 Å². The molecular weight excluding hydrogens is 277 g/mol. The summed E-state index contributed by atoms with van der Waals surface area (Å²) in [5.41, 5.74) is 0. The van der Waals surface area contributed by atoms with Crippen molar-refractivity contribution in [3.8, 4) is 0 Å². The second-order valence-corrected chi connectivity index (χ2v) is 4.22.